The van der Waals surface area contributed by atoms with E-state index in [1.165, 1.54) is 0 Å². The van der Waals surface area contributed by atoms with Crippen molar-refractivity contribution in [3.63, 3.8) is 0 Å². The maximum absolute atomic E-state index is 12.5. The van der Waals surface area contributed by atoms with Crippen LogP contribution in [-0.4, -0.2) is 24.7 Å². The molecule has 0 fully saturated rings. The molecule has 6 heteroatoms. The quantitative estimate of drug-likeness (QED) is 0.815. The molecule has 1 amide bonds. The van der Waals surface area contributed by atoms with Gasteiger partial charge >= 0.3 is 0 Å². The van der Waals surface area contributed by atoms with Gasteiger partial charge < -0.3 is 20.1 Å². The minimum absolute atomic E-state index is 0.137. The van der Waals surface area contributed by atoms with Crippen LogP contribution in [-0.2, 0) is 11.2 Å². The third-order valence-electron chi connectivity index (χ3n) is 4.32. The van der Waals surface area contributed by atoms with E-state index >= 15 is 0 Å². The van der Waals surface area contributed by atoms with Gasteiger partial charge in [-0.3, -0.25) is 4.79 Å². The summed E-state index contributed by atoms with van der Waals surface area (Å²) >= 11 is 0. The van der Waals surface area contributed by atoms with E-state index in [1.54, 1.807) is 31.2 Å². The predicted molar refractivity (Wildman–Crippen MR) is 104 cm³/mol. The molecule has 1 aliphatic heterocycles. The van der Waals surface area contributed by atoms with E-state index in [0.29, 0.717) is 23.6 Å². The van der Waals surface area contributed by atoms with Crippen molar-refractivity contribution in [2.45, 2.75) is 39.3 Å². The van der Waals surface area contributed by atoms with Crippen LogP contribution in [0.15, 0.2) is 36.4 Å². The summed E-state index contributed by atoms with van der Waals surface area (Å²) in [6.45, 7) is 6.26. The van der Waals surface area contributed by atoms with Gasteiger partial charge in [-0.05, 0) is 45.0 Å². The smallest absolute Gasteiger partial charge is 0.246 e. The average molecular weight is 365 g/mol. The van der Waals surface area contributed by atoms with Crippen molar-refractivity contribution in [1.82, 2.24) is 0 Å². The molecule has 2 N–H and O–H groups in total. The molecule has 0 unspecified atom stereocenters. The molecule has 1 aliphatic rings. The summed E-state index contributed by atoms with van der Waals surface area (Å²) < 4.78 is 11.6. The molecular weight excluding hydrogens is 342 g/mol. The predicted octanol–water partition coefficient (Wildman–Crippen LogP) is 3.72. The van der Waals surface area contributed by atoms with Crippen LogP contribution in [0.1, 0.15) is 31.9 Å². The van der Waals surface area contributed by atoms with Crippen molar-refractivity contribution in [3.05, 3.63) is 47.5 Å². The summed E-state index contributed by atoms with van der Waals surface area (Å²) in [5.74, 6) is 1.32. The first-order valence-electron chi connectivity index (χ1n) is 9.04. The van der Waals surface area contributed by atoms with Gasteiger partial charge in [0, 0.05) is 23.7 Å². The summed E-state index contributed by atoms with van der Waals surface area (Å²) in [6.07, 6.45) is 0.985. The molecule has 6 nitrogen and oxygen atoms in total. The first-order valence-corrected chi connectivity index (χ1v) is 9.04. The van der Waals surface area contributed by atoms with Crippen LogP contribution in [0.5, 0.6) is 11.5 Å². The highest BCUT2D eigenvalue weighted by Crippen LogP contribution is 2.38. The molecule has 0 aromatic heterocycles. The van der Waals surface area contributed by atoms with Gasteiger partial charge in [0.25, 0.3) is 0 Å². The number of nitrogens with one attached hydrogen (secondary N) is 2. The fraction of sp³-hybridized carbons (Fsp3) is 0.333. The molecule has 2 atom stereocenters. The van der Waals surface area contributed by atoms with Gasteiger partial charge in [0.15, 0.2) is 0 Å². The van der Waals surface area contributed by atoms with Crippen molar-refractivity contribution in [2.24, 2.45) is 0 Å². The van der Waals surface area contributed by atoms with Crippen molar-refractivity contribution in [3.8, 4) is 17.6 Å². The molecule has 2 aromatic carbocycles. The van der Waals surface area contributed by atoms with Crippen LogP contribution in [0.25, 0.3) is 0 Å². The van der Waals surface area contributed by atoms with E-state index in [0.717, 1.165) is 23.4 Å². The van der Waals surface area contributed by atoms with Crippen LogP contribution in [0.2, 0.25) is 0 Å². The maximum Gasteiger partial charge on any atom is 0.246 e. The van der Waals surface area contributed by atoms with Gasteiger partial charge in [-0.15, -0.1) is 0 Å². The van der Waals surface area contributed by atoms with Crippen molar-refractivity contribution >= 4 is 17.3 Å². The molecule has 0 radical (unpaired) electrons. The maximum atomic E-state index is 12.5. The minimum atomic E-state index is -0.508. The van der Waals surface area contributed by atoms with E-state index in [1.807, 2.05) is 26.0 Å². The Morgan fingerprint density at radius 3 is 2.96 bits per heavy atom. The first kappa shape index (κ1) is 18.6. The lowest BCUT2D eigenvalue weighted by atomic mass is 10.1. The Kier molecular flexibility index (Phi) is 5.51. The van der Waals surface area contributed by atoms with E-state index < -0.39 is 6.04 Å². The van der Waals surface area contributed by atoms with Crippen LogP contribution in [0, 0.1) is 11.3 Å². The molecule has 140 valence electrons. The number of nitriles is 1. The third kappa shape index (κ3) is 4.32. The number of nitrogens with zero attached hydrogens (tertiary/aromatic N) is 1. The molecule has 0 spiro atoms. The number of fused-ring (bicyclic) bond motifs is 1. The van der Waals surface area contributed by atoms with Gasteiger partial charge in [0.05, 0.1) is 23.9 Å². The zero-order valence-electron chi connectivity index (χ0n) is 15.7. The van der Waals surface area contributed by atoms with E-state index in [9.17, 15) is 4.79 Å². The van der Waals surface area contributed by atoms with Crippen LogP contribution < -0.4 is 20.1 Å². The third-order valence-corrected chi connectivity index (χ3v) is 4.32. The number of amides is 1. The Balaban J connectivity index is 1.74. The number of rotatable bonds is 6. The molecular formula is C21H23N3O3. The number of hydrogen-bond donors (Lipinski definition) is 2. The molecule has 2 aromatic rings. The van der Waals surface area contributed by atoms with E-state index in [-0.39, 0.29) is 12.0 Å². The number of carbonyl (C=O) groups is 1. The van der Waals surface area contributed by atoms with Gasteiger partial charge in [-0.25, -0.2) is 0 Å². The topological polar surface area (TPSA) is 83.4 Å². The highest BCUT2D eigenvalue weighted by atomic mass is 16.5. The lowest BCUT2D eigenvalue weighted by Crippen LogP contribution is -2.32. The van der Waals surface area contributed by atoms with Crippen molar-refractivity contribution < 1.29 is 14.3 Å². The molecule has 3 rings (SSSR count). The van der Waals surface area contributed by atoms with Gasteiger partial charge in [0.1, 0.15) is 23.6 Å². The van der Waals surface area contributed by atoms with Gasteiger partial charge in [-0.2, -0.15) is 5.26 Å². The molecule has 0 aliphatic carbocycles. The molecule has 0 bridgehead atoms. The summed E-state index contributed by atoms with van der Waals surface area (Å²) in [6, 6.07) is 12.2. The Hall–Kier alpha value is -3.20. The fourth-order valence-corrected chi connectivity index (χ4v) is 3.04. The SMILES string of the molecule is CCOc1cc2c(cc1N[C@H](C)C(=O)Nc1cccc(C#N)c1)O[C@H](C)C2. The summed E-state index contributed by atoms with van der Waals surface area (Å²) in [5, 5.41) is 15.0. The standard InChI is InChI=1S/C21H23N3O3/c1-4-26-20-10-16-8-13(2)27-19(16)11-18(20)23-14(3)21(25)24-17-7-5-6-15(9-17)12-22/h5-7,9-11,13-14,23H,4,8H2,1-3H3,(H,24,25)/t13-,14-/m1/s1. The number of hydrogen-bond acceptors (Lipinski definition) is 5. The lowest BCUT2D eigenvalue weighted by Gasteiger charge is -2.19. The second-order valence-electron chi connectivity index (χ2n) is 6.57. The van der Waals surface area contributed by atoms with Crippen molar-refractivity contribution in [2.75, 3.05) is 17.2 Å². The zero-order valence-corrected chi connectivity index (χ0v) is 15.7. The van der Waals surface area contributed by atoms with E-state index in [2.05, 4.69) is 16.7 Å². The Labute approximate surface area is 159 Å². The second kappa shape index (κ2) is 8.00. The van der Waals surface area contributed by atoms with Crippen LogP contribution >= 0.6 is 0 Å². The van der Waals surface area contributed by atoms with Gasteiger partial charge in [-0.1, -0.05) is 6.07 Å². The lowest BCUT2D eigenvalue weighted by molar-refractivity contribution is -0.116. The monoisotopic (exact) mass is 365 g/mol. The highest BCUT2D eigenvalue weighted by Gasteiger charge is 2.23. The van der Waals surface area contributed by atoms with Gasteiger partial charge in [0.2, 0.25) is 5.91 Å². The summed E-state index contributed by atoms with van der Waals surface area (Å²) in [4.78, 5) is 12.5. The van der Waals surface area contributed by atoms with Crippen LogP contribution in [0.4, 0.5) is 11.4 Å². The first-order chi connectivity index (χ1) is 13.0. The Bertz CT molecular complexity index is 889. The normalized spacial score (nSPS) is 15.9. The largest absolute Gasteiger partial charge is 0.492 e. The van der Waals surface area contributed by atoms with E-state index in [4.69, 9.17) is 14.7 Å². The number of benzene rings is 2. The molecule has 1 heterocycles. The molecule has 27 heavy (non-hydrogen) atoms. The van der Waals surface area contributed by atoms with Crippen molar-refractivity contribution in [1.29, 1.82) is 5.26 Å². The average Bonchev–Trinajstić information content (AvgIpc) is 3.01. The second-order valence-corrected chi connectivity index (χ2v) is 6.57. The molecule has 0 saturated carbocycles. The Morgan fingerprint density at radius 2 is 2.22 bits per heavy atom. The number of carbonyl (C=O) groups excluding carboxylic acids is 1. The summed E-state index contributed by atoms with van der Waals surface area (Å²) in [5.41, 5.74) is 2.92. The zero-order chi connectivity index (χ0) is 19.4. The Morgan fingerprint density at radius 1 is 1.41 bits per heavy atom. The molecule has 0 saturated heterocycles. The minimum Gasteiger partial charge on any atom is -0.492 e. The fourth-order valence-electron chi connectivity index (χ4n) is 3.04. The van der Waals surface area contributed by atoms with Crippen LogP contribution in [0.3, 0.4) is 0 Å². The number of ether oxygens (including phenoxy) is 2. The number of anilines is 2. The highest BCUT2D eigenvalue weighted by molar-refractivity contribution is 5.96. The summed E-state index contributed by atoms with van der Waals surface area (Å²) in [7, 11) is 0.